The smallest absolute Gasteiger partial charge is 0.338 e. The van der Waals surface area contributed by atoms with E-state index >= 15 is 0 Å². The Morgan fingerprint density at radius 1 is 0.773 bits per heavy atom. The number of rotatable bonds is 9. The third-order valence-corrected chi connectivity index (χ3v) is 7.93. The average Bonchev–Trinajstić information content (AvgIpc) is 3.62. The molecule has 2 heterocycles. The fourth-order valence-electron chi connectivity index (χ4n) is 4.50. The average molecular weight is 617 g/mol. The van der Waals surface area contributed by atoms with Crippen LogP contribution in [0.3, 0.4) is 0 Å². The van der Waals surface area contributed by atoms with Gasteiger partial charge in [0.05, 0.1) is 21.9 Å². The molecule has 0 aliphatic carbocycles. The molecule has 0 unspecified atom stereocenters. The van der Waals surface area contributed by atoms with Crippen LogP contribution in [-0.2, 0) is 23.7 Å². The van der Waals surface area contributed by atoms with Crippen molar-refractivity contribution in [3.63, 3.8) is 0 Å². The number of imidazole rings is 1. The van der Waals surface area contributed by atoms with Crippen LogP contribution in [0.15, 0.2) is 110 Å². The summed E-state index contributed by atoms with van der Waals surface area (Å²) in [7, 11) is 1.33. The second-order valence-electron chi connectivity index (χ2n) is 9.53. The quantitative estimate of drug-likeness (QED) is 0.193. The van der Waals surface area contributed by atoms with Crippen molar-refractivity contribution in [3.8, 4) is 0 Å². The Balaban J connectivity index is 1.49. The van der Waals surface area contributed by atoms with Gasteiger partial charge in [0, 0.05) is 19.5 Å². The Bertz CT molecular complexity index is 1550. The van der Waals surface area contributed by atoms with E-state index in [9.17, 15) is 19.2 Å². The number of hydrogen-bond acceptors (Lipinski definition) is 11. The third-order valence-electron chi connectivity index (χ3n) is 6.67. The summed E-state index contributed by atoms with van der Waals surface area (Å²) in [5.41, 5.74) is 0.790. The fourth-order valence-corrected chi connectivity index (χ4v) is 5.60. The molecule has 11 nitrogen and oxygen atoms in total. The number of carbonyl (C=O) groups excluding carboxylic acids is 4. The Hall–Kier alpha value is -4.78. The van der Waals surface area contributed by atoms with Gasteiger partial charge in [-0.3, -0.25) is 9.36 Å². The Kier molecular flexibility index (Phi) is 10.2. The van der Waals surface area contributed by atoms with E-state index in [-0.39, 0.29) is 17.7 Å². The Labute approximate surface area is 257 Å². The van der Waals surface area contributed by atoms with E-state index in [4.69, 9.17) is 23.7 Å². The van der Waals surface area contributed by atoms with Crippen LogP contribution in [0.25, 0.3) is 0 Å². The van der Waals surface area contributed by atoms with Gasteiger partial charge < -0.3 is 23.7 Å². The SMILES string of the molecule is CO[C@H]1O[C@H](COC(=O)c2ccccc2)[C@@H](SC(=O)n2ccnc2)[C@H](OC(=O)c2ccccc2)[C@@H]1OC(=O)c1ccccc1. The number of esters is 3. The Morgan fingerprint density at radius 2 is 1.30 bits per heavy atom. The summed E-state index contributed by atoms with van der Waals surface area (Å²) < 4.78 is 30.4. The van der Waals surface area contributed by atoms with Crippen molar-refractivity contribution in [2.75, 3.05) is 13.7 Å². The number of thioether (sulfide) groups is 1. The fraction of sp³-hybridized carbons (Fsp3) is 0.219. The number of aromatic nitrogens is 2. The van der Waals surface area contributed by atoms with Crippen LogP contribution < -0.4 is 0 Å². The van der Waals surface area contributed by atoms with E-state index in [1.165, 1.54) is 30.4 Å². The molecule has 12 heteroatoms. The maximum atomic E-state index is 13.4. The van der Waals surface area contributed by atoms with Crippen LogP contribution >= 0.6 is 11.8 Å². The van der Waals surface area contributed by atoms with Crippen LogP contribution in [0, 0.1) is 0 Å². The lowest BCUT2D eigenvalue weighted by Crippen LogP contribution is -2.61. The van der Waals surface area contributed by atoms with Gasteiger partial charge in [-0.15, -0.1) is 0 Å². The lowest BCUT2D eigenvalue weighted by molar-refractivity contribution is -0.258. The summed E-state index contributed by atoms with van der Waals surface area (Å²) in [5.74, 6) is -2.07. The minimum absolute atomic E-state index is 0.234. The van der Waals surface area contributed by atoms with E-state index < -0.39 is 53.0 Å². The number of hydrogen-bond donors (Lipinski definition) is 0. The van der Waals surface area contributed by atoms with Gasteiger partial charge in [0.25, 0.3) is 5.24 Å². The molecule has 1 saturated heterocycles. The zero-order chi connectivity index (χ0) is 30.9. The molecule has 5 rings (SSSR count). The van der Waals surface area contributed by atoms with Gasteiger partial charge in [0.2, 0.25) is 0 Å². The minimum Gasteiger partial charge on any atom is -0.459 e. The molecule has 0 saturated carbocycles. The highest BCUT2D eigenvalue weighted by molar-refractivity contribution is 8.14. The summed E-state index contributed by atoms with van der Waals surface area (Å²) in [6.07, 6.45) is -0.671. The predicted molar refractivity (Wildman–Crippen MR) is 158 cm³/mol. The molecule has 1 aromatic heterocycles. The van der Waals surface area contributed by atoms with Crippen LogP contribution in [0.2, 0.25) is 0 Å². The summed E-state index contributed by atoms with van der Waals surface area (Å²) >= 11 is 0.762. The van der Waals surface area contributed by atoms with E-state index in [0.717, 1.165) is 11.8 Å². The molecule has 1 fully saturated rings. The van der Waals surface area contributed by atoms with Crippen molar-refractivity contribution < 1.29 is 42.9 Å². The highest BCUT2D eigenvalue weighted by atomic mass is 32.2. The van der Waals surface area contributed by atoms with Gasteiger partial charge in [-0.05, 0) is 36.4 Å². The van der Waals surface area contributed by atoms with E-state index in [1.54, 1.807) is 91.0 Å². The van der Waals surface area contributed by atoms with Crippen molar-refractivity contribution in [2.45, 2.75) is 29.9 Å². The highest BCUT2D eigenvalue weighted by Gasteiger charge is 2.52. The molecular weight excluding hydrogens is 588 g/mol. The first kappa shape index (κ1) is 30.7. The first-order chi connectivity index (χ1) is 21.4. The van der Waals surface area contributed by atoms with Crippen molar-refractivity contribution >= 4 is 34.9 Å². The maximum absolute atomic E-state index is 13.4. The molecule has 5 atom stereocenters. The monoisotopic (exact) mass is 616 g/mol. The largest absolute Gasteiger partial charge is 0.459 e. The Morgan fingerprint density at radius 3 is 1.80 bits per heavy atom. The molecular formula is C32H28N2O9S. The third kappa shape index (κ3) is 7.40. The van der Waals surface area contributed by atoms with E-state index in [2.05, 4.69) is 4.98 Å². The van der Waals surface area contributed by atoms with Gasteiger partial charge in [-0.1, -0.05) is 66.4 Å². The van der Waals surface area contributed by atoms with Gasteiger partial charge in [-0.2, -0.15) is 0 Å². The van der Waals surface area contributed by atoms with Gasteiger partial charge in [0.1, 0.15) is 19.0 Å². The van der Waals surface area contributed by atoms with Crippen molar-refractivity contribution in [2.24, 2.45) is 0 Å². The summed E-state index contributed by atoms with van der Waals surface area (Å²) in [5, 5.41) is -1.51. The van der Waals surface area contributed by atoms with Gasteiger partial charge >= 0.3 is 17.9 Å². The second kappa shape index (κ2) is 14.6. The number of nitrogens with zero attached hydrogens (tertiary/aromatic N) is 2. The first-order valence-electron chi connectivity index (χ1n) is 13.6. The van der Waals surface area contributed by atoms with Crippen molar-refractivity contribution in [1.29, 1.82) is 0 Å². The molecule has 226 valence electrons. The van der Waals surface area contributed by atoms with Gasteiger partial charge in [-0.25, -0.2) is 19.4 Å². The van der Waals surface area contributed by atoms with Crippen molar-refractivity contribution in [1.82, 2.24) is 9.55 Å². The molecule has 1 aliphatic rings. The number of carbonyl (C=O) groups is 4. The van der Waals surface area contributed by atoms with Crippen LogP contribution in [0.4, 0.5) is 4.79 Å². The standard InChI is InChI=1S/C32H28N2O9S/c1-39-31-26(43-30(37)23-15-9-4-10-16-23)25(42-29(36)22-13-7-3-8-14-22)27(44-32(38)34-18-17-33-20-34)24(41-31)19-40-28(35)21-11-5-2-6-12-21/h2-18,20,24-27,31H,19H2,1H3/t24-,25-,26+,27-,31+/m1/s1. The van der Waals surface area contributed by atoms with Crippen LogP contribution in [0.5, 0.6) is 0 Å². The lowest BCUT2D eigenvalue weighted by atomic mass is 10.0. The first-order valence-corrected chi connectivity index (χ1v) is 14.4. The summed E-state index contributed by atoms with van der Waals surface area (Å²) in [6.45, 7) is -0.332. The zero-order valence-corrected chi connectivity index (χ0v) is 24.3. The normalized spacial score (nSPS) is 21.2. The highest BCUT2D eigenvalue weighted by Crippen LogP contribution is 2.36. The van der Waals surface area contributed by atoms with E-state index in [0.29, 0.717) is 5.56 Å². The lowest BCUT2D eigenvalue weighted by Gasteiger charge is -2.44. The molecule has 4 aromatic rings. The van der Waals surface area contributed by atoms with Crippen LogP contribution in [0.1, 0.15) is 31.1 Å². The molecule has 44 heavy (non-hydrogen) atoms. The van der Waals surface area contributed by atoms with E-state index in [1.807, 2.05) is 0 Å². The van der Waals surface area contributed by atoms with Gasteiger partial charge in [0.15, 0.2) is 18.5 Å². The molecule has 3 aromatic carbocycles. The zero-order valence-electron chi connectivity index (χ0n) is 23.5. The van der Waals surface area contributed by atoms with Crippen molar-refractivity contribution in [3.05, 3.63) is 126 Å². The number of ether oxygens (including phenoxy) is 5. The molecule has 1 aliphatic heterocycles. The minimum atomic E-state index is -1.31. The topological polar surface area (TPSA) is 132 Å². The maximum Gasteiger partial charge on any atom is 0.338 e. The molecule has 0 amide bonds. The molecule has 0 N–H and O–H groups in total. The molecule has 0 bridgehead atoms. The summed E-state index contributed by atoms with van der Waals surface area (Å²) in [4.78, 5) is 56.7. The van der Waals surface area contributed by atoms with Crippen LogP contribution in [-0.4, -0.2) is 76.3 Å². The number of benzene rings is 3. The molecule has 0 spiro atoms. The second-order valence-corrected chi connectivity index (χ2v) is 10.7. The predicted octanol–water partition coefficient (Wildman–Crippen LogP) is 4.63. The molecule has 0 radical (unpaired) electrons. The summed E-state index contributed by atoms with van der Waals surface area (Å²) in [6, 6.07) is 24.8. The number of methoxy groups -OCH3 is 1.